The second kappa shape index (κ2) is 4.94. The van der Waals surface area contributed by atoms with Crippen LogP contribution in [0.5, 0.6) is 0 Å². The number of H-pyrrole nitrogens is 1. The summed E-state index contributed by atoms with van der Waals surface area (Å²) in [5.41, 5.74) is 4.20. The molecule has 0 unspecified atom stereocenters. The summed E-state index contributed by atoms with van der Waals surface area (Å²) in [6, 6.07) is 12.0. The Labute approximate surface area is 111 Å². The predicted molar refractivity (Wildman–Crippen MR) is 77.3 cm³/mol. The Kier molecular flexibility index (Phi) is 2.99. The van der Waals surface area contributed by atoms with Gasteiger partial charge >= 0.3 is 0 Å². The number of aromatic nitrogens is 1. The van der Waals surface area contributed by atoms with Gasteiger partial charge in [-0.1, -0.05) is 36.4 Å². The smallest absolute Gasteiger partial charge is 0.186 e. The lowest BCUT2D eigenvalue weighted by Crippen LogP contribution is -2.00. The number of hydrogen-bond donors (Lipinski definition) is 1. The van der Waals surface area contributed by atoms with Crippen LogP contribution in [-0.2, 0) is 4.79 Å². The van der Waals surface area contributed by atoms with Crippen LogP contribution in [-0.4, -0.2) is 10.8 Å². The van der Waals surface area contributed by atoms with Crippen LogP contribution in [0.1, 0.15) is 11.1 Å². The van der Waals surface area contributed by atoms with Crippen molar-refractivity contribution in [3.8, 4) is 0 Å². The van der Waals surface area contributed by atoms with E-state index in [-0.39, 0.29) is 5.78 Å². The highest BCUT2D eigenvalue weighted by Crippen LogP contribution is 2.37. The lowest BCUT2D eigenvalue weighted by molar-refractivity contribution is -0.110. The molecule has 2 nitrogen and oxygen atoms in total. The number of aromatic amines is 1. The highest BCUT2D eigenvalue weighted by Gasteiger charge is 2.23. The second-order valence-electron chi connectivity index (χ2n) is 4.33. The fraction of sp³-hybridized carbons (Fsp3) is 0. The fourth-order valence-corrected chi connectivity index (χ4v) is 2.23. The van der Waals surface area contributed by atoms with E-state index in [9.17, 15) is 4.79 Å². The summed E-state index contributed by atoms with van der Waals surface area (Å²) < 4.78 is 0. The van der Waals surface area contributed by atoms with Gasteiger partial charge in [0.25, 0.3) is 0 Å². The van der Waals surface area contributed by atoms with Gasteiger partial charge in [-0.25, -0.2) is 0 Å². The van der Waals surface area contributed by atoms with Crippen LogP contribution < -0.4 is 0 Å². The zero-order chi connectivity index (χ0) is 13.1. The van der Waals surface area contributed by atoms with Crippen molar-refractivity contribution in [2.75, 3.05) is 0 Å². The first-order chi connectivity index (χ1) is 9.36. The van der Waals surface area contributed by atoms with E-state index in [1.165, 1.54) is 5.56 Å². The minimum atomic E-state index is 0.110. The van der Waals surface area contributed by atoms with Gasteiger partial charge in [-0.05, 0) is 41.0 Å². The Balaban J connectivity index is 0.000000187. The highest BCUT2D eigenvalue weighted by atomic mass is 16.1. The van der Waals surface area contributed by atoms with Crippen molar-refractivity contribution >= 4 is 17.4 Å². The number of nitrogens with one attached hydrogen (secondary N) is 1. The van der Waals surface area contributed by atoms with Crippen LogP contribution in [0, 0.1) is 0 Å². The molecule has 2 aliphatic carbocycles. The number of hydrogen-bond acceptors (Lipinski definition) is 1. The highest BCUT2D eigenvalue weighted by molar-refractivity contribution is 6.23. The average molecular weight is 247 g/mol. The molecular weight excluding hydrogens is 234 g/mol. The summed E-state index contributed by atoms with van der Waals surface area (Å²) in [7, 11) is 0. The summed E-state index contributed by atoms with van der Waals surface area (Å²) in [6.07, 6.45) is 11.1. The van der Waals surface area contributed by atoms with Gasteiger partial charge in [0.05, 0.1) is 0 Å². The normalized spacial score (nSPS) is 14.8. The summed E-state index contributed by atoms with van der Waals surface area (Å²) in [5.74, 6) is 0.110. The standard InChI is InChI=1S/C13H8O.C4H5N/c14-13-7-3-6-11-10-5-2-1-4-9(10)8-12(11)13;1-2-4-5-3-1/h1-8H;1-5H. The third-order valence-corrected chi connectivity index (χ3v) is 3.11. The zero-order valence-electron chi connectivity index (χ0n) is 10.3. The molecule has 19 heavy (non-hydrogen) atoms. The number of carbonyl (C=O) groups excluding carboxylic acids is 1. The van der Waals surface area contributed by atoms with Crippen molar-refractivity contribution in [1.29, 1.82) is 0 Å². The van der Waals surface area contributed by atoms with Crippen LogP contribution >= 0.6 is 0 Å². The van der Waals surface area contributed by atoms with E-state index in [0.717, 1.165) is 16.7 Å². The van der Waals surface area contributed by atoms with Gasteiger partial charge in [-0.3, -0.25) is 4.79 Å². The van der Waals surface area contributed by atoms with E-state index in [2.05, 4.69) is 11.1 Å². The summed E-state index contributed by atoms with van der Waals surface area (Å²) in [6.45, 7) is 0. The van der Waals surface area contributed by atoms with Gasteiger partial charge in [-0.15, -0.1) is 0 Å². The van der Waals surface area contributed by atoms with E-state index in [1.54, 1.807) is 6.08 Å². The molecule has 1 N–H and O–H groups in total. The maximum absolute atomic E-state index is 11.5. The van der Waals surface area contributed by atoms with E-state index < -0.39 is 0 Å². The van der Waals surface area contributed by atoms with E-state index in [4.69, 9.17) is 0 Å². The Hall–Kier alpha value is -2.61. The van der Waals surface area contributed by atoms with Gasteiger partial charge in [0.2, 0.25) is 0 Å². The fourth-order valence-electron chi connectivity index (χ4n) is 2.23. The largest absolute Gasteiger partial charge is 0.368 e. The molecule has 92 valence electrons. The van der Waals surface area contributed by atoms with Crippen molar-refractivity contribution in [3.05, 3.63) is 83.7 Å². The number of carbonyl (C=O) groups is 1. The maximum atomic E-state index is 11.5. The van der Waals surface area contributed by atoms with Gasteiger partial charge in [0.15, 0.2) is 5.78 Å². The van der Waals surface area contributed by atoms with E-state index in [1.807, 2.05) is 61.0 Å². The molecule has 1 aromatic heterocycles. The SMILES string of the molecule is O=C1C=CC=C2C1=Cc1ccccc12.c1cc[nH]c1. The van der Waals surface area contributed by atoms with Crippen molar-refractivity contribution in [2.45, 2.75) is 0 Å². The van der Waals surface area contributed by atoms with Crippen LogP contribution in [0.15, 0.2) is 72.6 Å². The van der Waals surface area contributed by atoms with Gasteiger partial charge in [0.1, 0.15) is 0 Å². The second-order valence-corrected chi connectivity index (χ2v) is 4.33. The van der Waals surface area contributed by atoms with E-state index in [0.29, 0.717) is 0 Å². The van der Waals surface area contributed by atoms with Gasteiger partial charge in [0, 0.05) is 18.0 Å². The molecule has 2 heteroatoms. The summed E-state index contributed by atoms with van der Waals surface area (Å²) in [5, 5.41) is 0. The molecule has 0 fully saturated rings. The average Bonchev–Trinajstić information content (AvgIpc) is 3.10. The summed E-state index contributed by atoms with van der Waals surface area (Å²) >= 11 is 0. The summed E-state index contributed by atoms with van der Waals surface area (Å²) in [4.78, 5) is 14.4. The Bertz CT molecular complexity index is 671. The number of fused-ring (bicyclic) bond motifs is 3. The van der Waals surface area contributed by atoms with Crippen LogP contribution in [0.2, 0.25) is 0 Å². The molecule has 0 aliphatic heterocycles. The minimum Gasteiger partial charge on any atom is -0.368 e. The Morgan fingerprint density at radius 1 is 0.895 bits per heavy atom. The molecule has 0 saturated carbocycles. The Morgan fingerprint density at radius 2 is 1.68 bits per heavy atom. The number of allylic oxidation sites excluding steroid dienone is 5. The molecule has 0 radical (unpaired) electrons. The first kappa shape index (κ1) is 11.5. The lowest BCUT2D eigenvalue weighted by atomic mass is 9.96. The number of benzene rings is 1. The molecule has 0 bridgehead atoms. The predicted octanol–water partition coefficient (Wildman–Crippen LogP) is 3.62. The molecule has 0 atom stereocenters. The van der Waals surface area contributed by atoms with Crippen molar-refractivity contribution in [1.82, 2.24) is 4.98 Å². The molecule has 0 saturated heterocycles. The molecule has 0 amide bonds. The van der Waals surface area contributed by atoms with E-state index >= 15 is 0 Å². The van der Waals surface area contributed by atoms with Crippen molar-refractivity contribution in [3.63, 3.8) is 0 Å². The molecule has 2 aromatic rings. The third-order valence-electron chi connectivity index (χ3n) is 3.11. The monoisotopic (exact) mass is 247 g/mol. The molecule has 2 aliphatic rings. The third kappa shape index (κ3) is 2.20. The van der Waals surface area contributed by atoms with Crippen molar-refractivity contribution < 1.29 is 4.79 Å². The Morgan fingerprint density at radius 3 is 2.42 bits per heavy atom. The number of rotatable bonds is 0. The molecular formula is C17H13NO. The first-order valence-corrected chi connectivity index (χ1v) is 6.18. The first-order valence-electron chi connectivity index (χ1n) is 6.18. The molecule has 4 rings (SSSR count). The molecule has 1 heterocycles. The quantitative estimate of drug-likeness (QED) is 0.757. The number of ketones is 1. The molecule has 1 aromatic carbocycles. The van der Waals surface area contributed by atoms with Crippen LogP contribution in [0.4, 0.5) is 0 Å². The van der Waals surface area contributed by atoms with Crippen LogP contribution in [0.3, 0.4) is 0 Å². The molecule has 0 spiro atoms. The maximum Gasteiger partial charge on any atom is 0.186 e. The minimum absolute atomic E-state index is 0.110. The van der Waals surface area contributed by atoms with Gasteiger partial charge in [-0.2, -0.15) is 0 Å². The topological polar surface area (TPSA) is 32.9 Å². The van der Waals surface area contributed by atoms with Gasteiger partial charge < -0.3 is 4.98 Å². The lowest BCUT2D eigenvalue weighted by Gasteiger charge is -2.06. The zero-order valence-corrected chi connectivity index (χ0v) is 10.3. The van der Waals surface area contributed by atoms with Crippen LogP contribution in [0.25, 0.3) is 11.6 Å². The van der Waals surface area contributed by atoms with Crippen molar-refractivity contribution in [2.24, 2.45) is 0 Å².